The Balaban J connectivity index is 1.97. The third-order valence-corrected chi connectivity index (χ3v) is 5.17. The number of H-pyrrole nitrogens is 1. The van der Waals surface area contributed by atoms with Crippen LogP contribution in [0.1, 0.15) is 29.3 Å². The highest BCUT2D eigenvalue weighted by atomic mass is 35.5. The Morgan fingerprint density at radius 2 is 2.04 bits per heavy atom. The Labute approximate surface area is 170 Å². The molecule has 28 heavy (non-hydrogen) atoms. The van der Waals surface area contributed by atoms with Crippen molar-refractivity contribution in [3.05, 3.63) is 72.5 Å². The molecule has 1 amide bonds. The van der Waals surface area contributed by atoms with Crippen LogP contribution >= 0.6 is 23.2 Å². The fraction of sp³-hybridized carbons (Fsp3) is 0.263. The molecule has 0 fully saturated rings. The summed E-state index contributed by atoms with van der Waals surface area (Å²) in [6.07, 6.45) is 2.07. The number of hydrogen-bond acceptors (Lipinski definition) is 4. The van der Waals surface area contributed by atoms with Gasteiger partial charge in [-0.25, -0.2) is 9.78 Å². The summed E-state index contributed by atoms with van der Waals surface area (Å²) in [6, 6.07) is 6.66. The van der Waals surface area contributed by atoms with E-state index in [0.717, 1.165) is 0 Å². The predicted octanol–water partition coefficient (Wildman–Crippen LogP) is 3.07. The van der Waals surface area contributed by atoms with E-state index < -0.39 is 11.2 Å². The van der Waals surface area contributed by atoms with Gasteiger partial charge in [0.2, 0.25) is 0 Å². The smallest absolute Gasteiger partial charge is 0.329 e. The maximum absolute atomic E-state index is 12.8. The molecule has 9 heteroatoms. The number of aryl methyl sites for hydroxylation is 1. The van der Waals surface area contributed by atoms with Crippen molar-refractivity contribution >= 4 is 40.1 Å². The van der Waals surface area contributed by atoms with E-state index in [0.29, 0.717) is 28.6 Å². The lowest BCUT2D eigenvalue weighted by atomic mass is 10.1. The molecule has 146 valence electrons. The topological polar surface area (TPSA) is 88.1 Å². The number of carbonyl (C=O) groups excluding carboxylic acids is 1. The Morgan fingerprint density at radius 3 is 2.75 bits per heavy atom. The van der Waals surface area contributed by atoms with E-state index in [1.807, 2.05) is 6.92 Å². The first-order chi connectivity index (χ1) is 13.3. The lowest BCUT2D eigenvalue weighted by molar-refractivity contribution is 0.0785. The van der Waals surface area contributed by atoms with Gasteiger partial charge in [-0.2, -0.15) is 0 Å². The molecule has 0 saturated carbocycles. The SMILES string of the molecule is CCCn1c(=O)[nH]c(=O)c2cc(C(=O)N(C)Cc3cccc(Cl)c3Cl)cnc21. The second-order valence-corrected chi connectivity index (χ2v) is 7.17. The van der Waals surface area contributed by atoms with E-state index >= 15 is 0 Å². The summed E-state index contributed by atoms with van der Waals surface area (Å²) in [5.74, 6) is -0.335. The number of halogens is 2. The number of nitrogens with zero attached hydrogens (tertiary/aromatic N) is 3. The van der Waals surface area contributed by atoms with Crippen LogP contribution in [0, 0.1) is 0 Å². The lowest BCUT2D eigenvalue weighted by Gasteiger charge is -2.18. The van der Waals surface area contributed by atoms with E-state index in [4.69, 9.17) is 23.2 Å². The molecule has 0 aliphatic rings. The molecule has 2 heterocycles. The van der Waals surface area contributed by atoms with Gasteiger partial charge in [-0.15, -0.1) is 0 Å². The van der Waals surface area contributed by atoms with Crippen LogP contribution in [0.25, 0.3) is 11.0 Å². The largest absolute Gasteiger partial charge is 0.337 e. The van der Waals surface area contributed by atoms with Gasteiger partial charge in [0.1, 0.15) is 5.65 Å². The summed E-state index contributed by atoms with van der Waals surface area (Å²) in [6.45, 7) is 2.57. The molecule has 0 radical (unpaired) electrons. The fourth-order valence-electron chi connectivity index (χ4n) is 2.93. The quantitative estimate of drug-likeness (QED) is 0.686. The minimum absolute atomic E-state index is 0.188. The normalized spacial score (nSPS) is 11.0. The van der Waals surface area contributed by atoms with Gasteiger partial charge in [0.15, 0.2) is 0 Å². The van der Waals surface area contributed by atoms with Gasteiger partial charge in [-0.1, -0.05) is 42.3 Å². The highest BCUT2D eigenvalue weighted by molar-refractivity contribution is 6.42. The van der Waals surface area contributed by atoms with E-state index in [9.17, 15) is 14.4 Å². The van der Waals surface area contributed by atoms with Crippen LogP contribution in [0.15, 0.2) is 40.1 Å². The van der Waals surface area contributed by atoms with Crippen LogP contribution in [-0.2, 0) is 13.1 Å². The second-order valence-electron chi connectivity index (χ2n) is 6.38. The van der Waals surface area contributed by atoms with E-state index in [1.165, 1.54) is 21.7 Å². The molecule has 1 N–H and O–H groups in total. The van der Waals surface area contributed by atoms with Crippen molar-refractivity contribution in [1.29, 1.82) is 0 Å². The number of nitrogens with one attached hydrogen (secondary N) is 1. The number of benzene rings is 1. The number of rotatable bonds is 5. The highest BCUT2D eigenvalue weighted by Gasteiger charge is 2.17. The third-order valence-electron chi connectivity index (χ3n) is 4.31. The van der Waals surface area contributed by atoms with Crippen molar-refractivity contribution in [2.45, 2.75) is 26.4 Å². The molecule has 0 saturated heterocycles. The van der Waals surface area contributed by atoms with Crippen LogP contribution in [0.2, 0.25) is 10.0 Å². The summed E-state index contributed by atoms with van der Waals surface area (Å²) < 4.78 is 1.39. The molecule has 0 unspecified atom stereocenters. The molecule has 1 aromatic carbocycles. The summed E-state index contributed by atoms with van der Waals surface area (Å²) >= 11 is 12.2. The van der Waals surface area contributed by atoms with Gasteiger partial charge < -0.3 is 4.90 Å². The number of amides is 1. The van der Waals surface area contributed by atoms with Crippen molar-refractivity contribution in [3.8, 4) is 0 Å². The molecule has 0 aliphatic carbocycles. The third kappa shape index (κ3) is 3.81. The van der Waals surface area contributed by atoms with Crippen LogP contribution in [0.3, 0.4) is 0 Å². The minimum atomic E-state index is -0.574. The Hall–Kier alpha value is -2.64. The Kier molecular flexibility index (Phi) is 5.86. The lowest BCUT2D eigenvalue weighted by Crippen LogP contribution is -2.31. The monoisotopic (exact) mass is 420 g/mol. The fourth-order valence-corrected chi connectivity index (χ4v) is 3.31. The van der Waals surface area contributed by atoms with Crippen LogP contribution in [0.5, 0.6) is 0 Å². The highest BCUT2D eigenvalue weighted by Crippen LogP contribution is 2.26. The zero-order valence-corrected chi connectivity index (χ0v) is 16.8. The average molecular weight is 421 g/mol. The summed E-state index contributed by atoms with van der Waals surface area (Å²) in [5, 5.41) is 0.987. The molecule has 2 aromatic heterocycles. The first-order valence-electron chi connectivity index (χ1n) is 8.64. The van der Waals surface area contributed by atoms with Crippen molar-refractivity contribution in [1.82, 2.24) is 19.4 Å². The first kappa shape index (κ1) is 20.1. The van der Waals surface area contributed by atoms with Gasteiger partial charge in [0.05, 0.1) is 21.0 Å². The number of carbonyl (C=O) groups is 1. The van der Waals surface area contributed by atoms with Crippen molar-refractivity contribution in [3.63, 3.8) is 0 Å². The molecule has 0 atom stereocenters. The van der Waals surface area contributed by atoms with Gasteiger partial charge in [0.25, 0.3) is 11.5 Å². The van der Waals surface area contributed by atoms with E-state index in [-0.39, 0.29) is 29.0 Å². The molecule has 0 spiro atoms. The zero-order chi connectivity index (χ0) is 20.4. The second kappa shape index (κ2) is 8.16. The molecule has 0 bridgehead atoms. The van der Waals surface area contributed by atoms with Crippen LogP contribution < -0.4 is 11.2 Å². The summed E-state index contributed by atoms with van der Waals surface area (Å²) in [7, 11) is 1.62. The Bertz CT molecular complexity index is 1170. The van der Waals surface area contributed by atoms with E-state index in [2.05, 4.69) is 9.97 Å². The van der Waals surface area contributed by atoms with Crippen LogP contribution in [-0.4, -0.2) is 32.4 Å². The summed E-state index contributed by atoms with van der Waals surface area (Å²) in [4.78, 5) is 45.0. The molecule has 3 aromatic rings. The standard InChI is InChI=1S/C19H18Cl2N4O3/c1-3-7-25-16-13(17(26)23-19(25)28)8-12(9-22-16)18(27)24(2)10-11-5-4-6-14(20)15(11)21/h4-6,8-9H,3,7,10H2,1-2H3,(H,23,26,28). The number of hydrogen-bond donors (Lipinski definition) is 1. The predicted molar refractivity (Wildman–Crippen MR) is 109 cm³/mol. The maximum Gasteiger partial charge on any atom is 0.329 e. The molecular formula is C19H18Cl2N4O3. The number of fused-ring (bicyclic) bond motifs is 1. The van der Waals surface area contributed by atoms with Crippen LogP contribution in [0.4, 0.5) is 0 Å². The van der Waals surface area contributed by atoms with Gasteiger partial charge in [0, 0.05) is 26.3 Å². The average Bonchev–Trinajstić information content (AvgIpc) is 2.67. The summed E-state index contributed by atoms with van der Waals surface area (Å²) in [5.41, 5.74) is 0.107. The number of aromatic amines is 1. The molecule has 3 rings (SSSR count). The van der Waals surface area contributed by atoms with Gasteiger partial charge in [-0.3, -0.25) is 19.1 Å². The first-order valence-corrected chi connectivity index (χ1v) is 9.40. The maximum atomic E-state index is 12.8. The van der Waals surface area contributed by atoms with Gasteiger partial charge >= 0.3 is 5.69 Å². The van der Waals surface area contributed by atoms with Crippen molar-refractivity contribution in [2.75, 3.05) is 7.05 Å². The number of aromatic nitrogens is 3. The molecule has 7 nitrogen and oxygen atoms in total. The minimum Gasteiger partial charge on any atom is -0.337 e. The molecule has 0 aliphatic heterocycles. The van der Waals surface area contributed by atoms with Gasteiger partial charge in [-0.05, 0) is 24.1 Å². The molecular weight excluding hydrogens is 403 g/mol. The zero-order valence-electron chi connectivity index (χ0n) is 15.3. The van der Waals surface area contributed by atoms with Crippen molar-refractivity contribution in [2.24, 2.45) is 0 Å². The van der Waals surface area contributed by atoms with Crippen molar-refractivity contribution < 1.29 is 4.79 Å². The Morgan fingerprint density at radius 1 is 1.29 bits per heavy atom. The number of pyridine rings is 1. The van der Waals surface area contributed by atoms with E-state index in [1.54, 1.807) is 25.2 Å².